The topological polar surface area (TPSA) is 20.2 Å². The molecule has 0 aliphatic heterocycles. The van der Waals surface area contributed by atoms with Gasteiger partial charge in [-0.1, -0.05) is 12.1 Å². The number of benzene rings is 1. The first-order valence-electron chi connectivity index (χ1n) is 5.03. The van der Waals surface area contributed by atoms with Crippen LogP contribution in [0.4, 0.5) is 0 Å². The van der Waals surface area contributed by atoms with Crippen molar-refractivity contribution in [3.05, 3.63) is 35.5 Å². The lowest BCUT2D eigenvalue weighted by molar-refractivity contribution is -0.872. The van der Waals surface area contributed by atoms with Gasteiger partial charge < -0.3 is 9.88 Å². The third-order valence-electron chi connectivity index (χ3n) is 2.54. The summed E-state index contributed by atoms with van der Waals surface area (Å²) in [7, 11) is 4.36. The Bertz CT molecular complexity index is 441. The quantitative estimate of drug-likeness (QED) is 0.706. The van der Waals surface area contributed by atoms with Gasteiger partial charge >= 0.3 is 0 Å². The monoisotopic (exact) mass is 189 g/mol. The molecule has 2 rings (SSSR count). The summed E-state index contributed by atoms with van der Waals surface area (Å²) in [5, 5.41) is 1.40. The second-order valence-electron chi connectivity index (χ2n) is 4.20. The molecule has 0 saturated heterocycles. The molecule has 0 aliphatic rings. The van der Waals surface area contributed by atoms with Gasteiger partial charge in [-0.25, -0.2) is 0 Å². The first-order valence-corrected chi connectivity index (χ1v) is 5.03. The first kappa shape index (κ1) is 9.28. The van der Waals surface area contributed by atoms with Gasteiger partial charge in [0.15, 0.2) is 0 Å². The minimum Gasteiger partial charge on any atom is -0.361 e. The predicted octanol–water partition coefficient (Wildman–Crippen LogP) is 1.12. The van der Waals surface area contributed by atoms with Crippen molar-refractivity contribution in [2.24, 2.45) is 0 Å². The third-order valence-corrected chi connectivity index (χ3v) is 2.54. The van der Waals surface area contributed by atoms with E-state index in [-0.39, 0.29) is 0 Å². The Morgan fingerprint density at radius 2 is 2.07 bits per heavy atom. The lowest BCUT2D eigenvalue weighted by Crippen LogP contribution is -3.04. The van der Waals surface area contributed by atoms with Crippen LogP contribution in [0.15, 0.2) is 24.4 Å². The Labute approximate surface area is 84.5 Å². The van der Waals surface area contributed by atoms with Gasteiger partial charge in [0.1, 0.15) is 6.54 Å². The lowest BCUT2D eigenvalue weighted by atomic mass is 10.1. The minimum absolute atomic E-state index is 1.07. The zero-order valence-corrected chi connectivity index (χ0v) is 9.02. The Kier molecular flexibility index (Phi) is 2.30. The van der Waals surface area contributed by atoms with Crippen molar-refractivity contribution in [3.8, 4) is 0 Å². The summed E-state index contributed by atoms with van der Waals surface area (Å²) >= 11 is 0. The van der Waals surface area contributed by atoms with Gasteiger partial charge in [0.05, 0.1) is 14.1 Å². The minimum atomic E-state index is 1.07. The summed E-state index contributed by atoms with van der Waals surface area (Å²) in [6, 6.07) is 6.40. The smallest absolute Gasteiger partial charge is 0.104 e. The summed E-state index contributed by atoms with van der Waals surface area (Å²) in [6.45, 7) is 3.25. The van der Waals surface area contributed by atoms with E-state index < -0.39 is 0 Å². The first-order chi connectivity index (χ1) is 6.68. The molecule has 0 bridgehead atoms. The maximum atomic E-state index is 3.32. The van der Waals surface area contributed by atoms with Crippen molar-refractivity contribution in [2.45, 2.75) is 13.5 Å². The van der Waals surface area contributed by atoms with Gasteiger partial charge in [0, 0.05) is 22.7 Å². The van der Waals surface area contributed by atoms with Gasteiger partial charge in [0.2, 0.25) is 0 Å². The normalized spacial score (nSPS) is 11.4. The number of quaternary nitrogens is 1. The van der Waals surface area contributed by atoms with E-state index in [1.165, 1.54) is 26.9 Å². The summed E-state index contributed by atoms with van der Waals surface area (Å²) in [6.07, 6.45) is 2.13. The summed E-state index contributed by atoms with van der Waals surface area (Å²) < 4.78 is 0. The predicted molar refractivity (Wildman–Crippen MR) is 59.6 cm³/mol. The molecule has 0 saturated carbocycles. The van der Waals surface area contributed by atoms with Crippen molar-refractivity contribution in [1.82, 2.24) is 4.98 Å². The van der Waals surface area contributed by atoms with E-state index in [4.69, 9.17) is 0 Å². The highest BCUT2D eigenvalue weighted by atomic mass is 15.0. The Balaban J connectivity index is 2.55. The van der Waals surface area contributed by atoms with Crippen molar-refractivity contribution in [3.63, 3.8) is 0 Å². The number of aromatic nitrogens is 1. The fraction of sp³-hybridized carbons (Fsp3) is 0.333. The molecule has 1 heterocycles. The molecule has 0 unspecified atom stereocenters. The highest BCUT2D eigenvalue weighted by molar-refractivity contribution is 5.86. The number of aromatic amines is 1. The van der Waals surface area contributed by atoms with Gasteiger partial charge in [-0.3, -0.25) is 0 Å². The van der Waals surface area contributed by atoms with Crippen LogP contribution in [0.5, 0.6) is 0 Å². The van der Waals surface area contributed by atoms with Crippen molar-refractivity contribution < 1.29 is 4.90 Å². The van der Waals surface area contributed by atoms with E-state index in [1.54, 1.807) is 0 Å². The van der Waals surface area contributed by atoms with E-state index in [9.17, 15) is 0 Å². The van der Waals surface area contributed by atoms with E-state index in [1.807, 2.05) is 0 Å². The number of aryl methyl sites for hydroxylation is 1. The van der Waals surface area contributed by atoms with Crippen LogP contribution in [0.3, 0.4) is 0 Å². The maximum Gasteiger partial charge on any atom is 0.104 e. The van der Waals surface area contributed by atoms with Crippen molar-refractivity contribution in [1.29, 1.82) is 0 Å². The van der Waals surface area contributed by atoms with Crippen LogP contribution in [0, 0.1) is 6.92 Å². The molecule has 0 aliphatic carbocycles. The highest BCUT2D eigenvalue weighted by Gasteiger charge is 2.07. The number of H-pyrrole nitrogens is 1. The molecular formula is C12H17N2+. The molecule has 74 valence electrons. The van der Waals surface area contributed by atoms with Crippen LogP contribution in [-0.2, 0) is 6.54 Å². The number of hydrogen-bond donors (Lipinski definition) is 2. The van der Waals surface area contributed by atoms with E-state index in [0.717, 1.165) is 6.54 Å². The Hall–Kier alpha value is -1.28. The summed E-state index contributed by atoms with van der Waals surface area (Å²) in [5.41, 5.74) is 4.03. The number of nitrogens with one attached hydrogen (secondary N) is 2. The van der Waals surface area contributed by atoms with Gasteiger partial charge in [-0.05, 0) is 18.6 Å². The molecule has 2 heteroatoms. The highest BCUT2D eigenvalue weighted by Crippen LogP contribution is 2.21. The molecule has 0 spiro atoms. The molecule has 14 heavy (non-hydrogen) atoms. The maximum absolute atomic E-state index is 3.32. The number of hydrogen-bond acceptors (Lipinski definition) is 0. The average molecular weight is 189 g/mol. The molecule has 0 fully saturated rings. The third kappa shape index (κ3) is 1.53. The van der Waals surface area contributed by atoms with Crippen LogP contribution in [0.2, 0.25) is 0 Å². The lowest BCUT2D eigenvalue weighted by Gasteiger charge is -2.06. The fourth-order valence-electron chi connectivity index (χ4n) is 1.97. The molecule has 2 N–H and O–H groups in total. The zero-order valence-electron chi connectivity index (χ0n) is 9.02. The molecular weight excluding hydrogens is 172 g/mol. The molecule has 1 aromatic carbocycles. The summed E-state index contributed by atoms with van der Waals surface area (Å²) in [4.78, 5) is 4.77. The van der Waals surface area contributed by atoms with Crippen LogP contribution in [0.1, 0.15) is 11.1 Å². The molecule has 0 radical (unpaired) electrons. The fourth-order valence-corrected chi connectivity index (χ4v) is 1.97. The van der Waals surface area contributed by atoms with E-state index in [2.05, 4.69) is 50.4 Å². The van der Waals surface area contributed by atoms with Gasteiger partial charge in [-0.2, -0.15) is 0 Å². The molecule has 2 nitrogen and oxygen atoms in total. The molecule has 0 atom stereocenters. The van der Waals surface area contributed by atoms with E-state index in [0.29, 0.717) is 0 Å². The number of rotatable bonds is 2. The second-order valence-corrected chi connectivity index (χ2v) is 4.20. The Morgan fingerprint density at radius 1 is 1.29 bits per heavy atom. The van der Waals surface area contributed by atoms with Crippen molar-refractivity contribution in [2.75, 3.05) is 14.1 Å². The second kappa shape index (κ2) is 3.46. The van der Waals surface area contributed by atoms with E-state index >= 15 is 0 Å². The van der Waals surface area contributed by atoms with Gasteiger partial charge in [-0.15, -0.1) is 0 Å². The van der Waals surface area contributed by atoms with Crippen LogP contribution in [-0.4, -0.2) is 19.1 Å². The molecule has 0 amide bonds. The standard InChI is InChI=1S/C12H16N2/c1-9-5-4-6-11-12(9)10(7-13-11)8-14(2)3/h4-7,13H,8H2,1-3H3/p+1. The summed E-state index contributed by atoms with van der Waals surface area (Å²) in [5.74, 6) is 0. The largest absolute Gasteiger partial charge is 0.361 e. The molecule has 1 aromatic heterocycles. The van der Waals surface area contributed by atoms with Crippen LogP contribution >= 0.6 is 0 Å². The van der Waals surface area contributed by atoms with Crippen molar-refractivity contribution >= 4 is 10.9 Å². The Morgan fingerprint density at radius 3 is 2.79 bits per heavy atom. The number of fused-ring (bicyclic) bond motifs is 1. The molecule has 2 aromatic rings. The van der Waals surface area contributed by atoms with Crippen LogP contribution < -0.4 is 4.90 Å². The average Bonchev–Trinajstić information content (AvgIpc) is 2.49. The zero-order chi connectivity index (χ0) is 10.1. The van der Waals surface area contributed by atoms with Crippen LogP contribution in [0.25, 0.3) is 10.9 Å². The SMILES string of the molecule is Cc1cccc2[nH]cc(C[NH+](C)C)c12. The van der Waals surface area contributed by atoms with Gasteiger partial charge in [0.25, 0.3) is 0 Å².